The summed E-state index contributed by atoms with van der Waals surface area (Å²) < 4.78 is 14.1. The number of carbonyl (C=O) groups is 2. The normalized spacial score (nSPS) is 11.8. The highest BCUT2D eigenvalue weighted by Gasteiger charge is 2.29. The van der Waals surface area contributed by atoms with E-state index in [2.05, 4.69) is 20.6 Å². The molecule has 0 aliphatic heterocycles. The number of H-pyrrole nitrogens is 1. The highest BCUT2D eigenvalue weighted by molar-refractivity contribution is 5.98. The predicted molar refractivity (Wildman–Crippen MR) is 148 cm³/mol. The topological polar surface area (TPSA) is 95.9 Å². The van der Waals surface area contributed by atoms with E-state index in [4.69, 9.17) is 0 Å². The zero-order chi connectivity index (χ0) is 27.2. The number of nitrogens with zero attached hydrogens (tertiary/aromatic N) is 4. The molecule has 0 saturated carbocycles. The minimum atomic E-state index is -0.822. The van der Waals surface area contributed by atoms with E-state index < -0.39 is 12.7 Å². The van der Waals surface area contributed by atoms with Gasteiger partial charge in [-0.05, 0) is 54.3 Å². The fraction of sp³-hybridized carbons (Fsp3) is 0.200. The maximum Gasteiger partial charge on any atom is 0.251 e. The van der Waals surface area contributed by atoms with E-state index in [9.17, 15) is 14.0 Å². The number of benzene rings is 3. The zero-order valence-electron chi connectivity index (χ0n) is 21.5. The number of likely N-dealkylation sites (N-methyl/N-ethyl adjacent to an activating group) is 1. The van der Waals surface area contributed by atoms with Crippen molar-refractivity contribution in [3.05, 3.63) is 108 Å². The average Bonchev–Trinajstić information content (AvgIpc) is 3.60. The maximum atomic E-state index is 13.6. The lowest BCUT2D eigenvalue weighted by Gasteiger charge is -2.28. The number of aromatic amines is 1. The zero-order valence-corrected chi connectivity index (χ0v) is 21.5. The molecule has 5 aromatic rings. The molecule has 2 heterocycles. The fourth-order valence-corrected chi connectivity index (χ4v) is 4.59. The lowest BCUT2D eigenvalue weighted by Crippen LogP contribution is -2.39. The first-order valence-electron chi connectivity index (χ1n) is 12.8. The van der Waals surface area contributed by atoms with Crippen LogP contribution in [0.5, 0.6) is 0 Å². The van der Waals surface area contributed by atoms with Crippen molar-refractivity contribution < 1.29 is 14.0 Å². The highest BCUT2D eigenvalue weighted by Crippen LogP contribution is 2.25. The van der Waals surface area contributed by atoms with Gasteiger partial charge in [0.05, 0.1) is 30.7 Å². The molecule has 0 spiro atoms. The molecule has 0 unspecified atom stereocenters. The van der Waals surface area contributed by atoms with Crippen LogP contribution in [0.2, 0.25) is 0 Å². The van der Waals surface area contributed by atoms with E-state index in [1.807, 2.05) is 72.9 Å². The predicted octanol–water partition coefficient (Wildman–Crippen LogP) is 5.03. The summed E-state index contributed by atoms with van der Waals surface area (Å²) in [7, 11) is 1.66. The summed E-state index contributed by atoms with van der Waals surface area (Å²) in [5.74, 6) is -0.494. The van der Waals surface area contributed by atoms with Crippen LogP contribution < -0.4 is 5.32 Å². The fourth-order valence-electron chi connectivity index (χ4n) is 4.59. The molecule has 3 aromatic carbocycles. The quantitative estimate of drug-likeness (QED) is 0.268. The Hall–Kier alpha value is -4.79. The van der Waals surface area contributed by atoms with E-state index in [1.54, 1.807) is 30.1 Å². The standard InChI is InChI=1S/C30H29FN6O2/c1-36(28(38)18-22-19-32-27-12-6-5-11-26(22)27)29(21-8-3-2-4-9-21)30(39)33-23-13-15-25(16-14-23)37-20-24(34-35-37)10-7-17-31/h2-6,8-9,11-16,19-20,29,32H,7,10,17-18H2,1H3,(H,33,39)/t29-/m0/s1/i31+0. The first kappa shape index (κ1) is 25.8. The number of amides is 2. The Bertz CT molecular complexity index is 1560. The number of halogens is 1. The largest absolute Gasteiger partial charge is 0.361 e. The lowest BCUT2D eigenvalue weighted by atomic mass is 10.0. The van der Waals surface area contributed by atoms with Gasteiger partial charge < -0.3 is 15.2 Å². The smallest absolute Gasteiger partial charge is 0.251 e. The minimum absolute atomic E-state index is 0.164. The van der Waals surface area contributed by atoms with Crippen molar-refractivity contribution in [3.8, 4) is 5.69 Å². The second-order valence-corrected chi connectivity index (χ2v) is 9.34. The summed E-state index contributed by atoms with van der Waals surface area (Å²) in [4.78, 5) is 31.6. The number of carbonyl (C=O) groups excluding carboxylic acids is 2. The van der Waals surface area contributed by atoms with Gasteiger partial charge in [-0.15, -0.1) is 5.10 Å². The first-order valence-corrected chi connectivity index (χ1v) is 12.8. The molecule has 8 nitrogen and oxygen atoms in total. The molecular formula is C30H29FN6O2. The van der Waals surface area contributed by atoms with Crippen LogP contribution in [0.15, 0.2) is 91.3 Å². The van der Waals surface area contributed by atoms with Gasteiger partial charge in [0.1, 0.15) is 6.04 Å². The summed E-state index contributed by atoms with van der Waals surface area (Å²) in [5.41, 5.74) is 4.62. The van der Waals surface area contributed by atoms with Crippen LogP contribution in [0.25, 0.3) is 16.6 Å². The molecule has 2 aromatic heterocycles. The number of hydrogen-bond donors (Lipinski definition) is 2. The summed E-state index contributed by atoms with van der Waals surface area (Å²) in [6.45, 7) is -0.394. The Morgan fingerprint density at radius 2 is 1.77 bits per heavy atom. The van der Waals surface area contributed by atoms with Crippen LogP contribution in [-0.4, -0.2) is 50.4 Å². The third-order valence-corrected chi connectivity index (χ3v) is 6.67. The number of aryl methyl sites for hydroxylation is 1. The SMILES string of the molecule is CN(C(=O)Cc1c[nH]c2ccccc12)[C@H](C(=O)Nc1ccc(-n2cc(CCC[19F])nn2)cc1)c1ccccc1. The van der Waals surface area contributed by atoms with Crippen LogP contribution in [0.1, 0.15) is 29.3 Å². The van der Waals surface area contributed by atoms with Crippen molar-refractivity contribution in [1.82, 2.24) is 24.9 Å². The third-order valence-electron chi connectivity index (χ3n) is 6.67. The second-order valence-electron chi connectivity index (χ2n) is 9.34. The Kier molecular flexibility index (Phi) is 7.77. The Balaban J connectivity index is 1.32. The van der Waals surface area contributed by atoms with E-state index >= 15 is 0 Å². The molecule has 2 N–H and O–H groups in total. The molecule has 39 heavy (non-hydrogen) atoms. The molecule has 0 saturated heterocycles. The number of alkyl halides is 1. The van der Waals surface area contributed by atoms with E-state index in [0.717, 1.165) is 27.8 Å². The summed E-state index contributed by atoms with van der Waals surface area (Å²) in [5, 5.41) is 12.1. The van der Waals surface area contributed by atoms with E-state index in [1.165, 1.54) is 4.90 Å². The summed E-state index contributed by atoms with van der Waals surface area (Å²) in [6.07, 6.45) is 4.71. The molecule has 198 valence electrons. The van der Waals surface area contributed by atoms with Crippen LogP contribution in [0.4, 0.5) is 10.1 Å². The van der Waals surface area contributed by atoms with Crippen molar-refractivity contribution >= 4 is 28.4 Å². The van der Waals surface area contributed by atoms with Crippen LogP contribution in [-0.2, 0) is 22.4 Å². The molecule has 0 aliphatic rings. The minimum Gasteiger partial charge on any atom is -0.361 e. The van der Waals surface area contributed by atoms with Crippen LogP contribution in [0.3, 0.4) is 0 Å². The average molecular weight is 525 g/mol. The molecular weight excluding hydrogens is 495 g/mol. The Labute approximate surface area is 225 Å². The van der Waals surface area contributed by atoms with Crippen molar-refractivity contribution in [3.63, 3.8) is 0 Å². The van der Waals surface area contributed by atoms with Crippen molar-refractivity contribution in [2.45, 2.75) is 25.3 Å². The highest BCUT2D eigenvalue weighted by atomic mass is 19.1. The van der Waals surface area contributed by atoms with Crippen LogP contribution in [0, 0.1) is 0 Å². The van der Waals surface area contributed by atoms with Gasteiger partial charge in [0, 0.05) is 29.8 Å². The van der Waals surface area contributed by atoms with Gasteiger partial charge in [-0.3, -0.25) is 14.0 Å². The third kappa shape index (κ3) is 5.87. The van der Waals surface area contributed by atoms with Gasteiger partial charge in [0.25, 0.3) is 5.91 Å². The first-order chi connectivity index (χ1) is 19.0. The van der Waals surface area contributed by atoms with Gasteiger partial charge in [0.15, 0.2) is 0 Å². The van der Waals surface area contributed by atoms with Crippen molar-refractivity contribution in [2.75, 3.05) is 19.0 Å². The lowest BCUT2D eigenvalue weighted by molar-refractivity contribution is -0.136. The molecule has 0 radical (unpaired) electrons. The van der Waals surface area contributed by atoms with E-state index in [-0.39, 0.29) is 18.2 Å². The number of hydrogen-bond acceptors (Lipinski definition) is 4. The van der Waals surface area contributed by atoms with Gasteiger partial charge in [-0.25, -0.2) is 4.68 Å². The Morgan fingerprint density at radius 3 is 2.54 bits per heavy atom. The molecule has 0 bridgehead atoms. The van der Waals surface area contributed by atoms with Crippen LogP contribution >= 0.6 is 0 Å². The second kappa shape index (κ2) is 11.7. The van der Waals surface area contributed by atoms with Crippen molar-refractivity contribution in [2.24, 2.45) is 0 Å². The number of anilines is 1. The van der Waals surface area contributed by atoms with Gasteiger partial charge in [-0.1, -0.05) is 53.7 Å². The number of para-hydroxylation sites is 1. The number of rotatable bonds is 10. The summed E-state index contributed by atoms with van der Waals surface area (Å²) in [6, 6.07) is 23.4. The monoisotopic (exact) mass is 524 g/mol. The maximum absolute atomic E-state index is 13.6. The van der Waals surface area contributed by atoms with Gasteiger partial charge in [0.2, 0.25) is 5.91 Å². The van der Waals surface area contributed by atoms with E-state index in [0.29, 0.717) is 24.1 Å². The van der Waals surface area contributed by atoms with Gasteiger partial charge >= 0.3 is 0 Å². The Morgan fingerprint density at radius 1 is 1.03 bits per heavy atom. The van der Waals surface area contributed by atoms with Crippen molar-refractivity contribution in [1.29, 1.82) is 0 Å². The number of nitrogens with one attached hydrogen (secondary N) is 2. The molecule has 2 amide bonds. The molecule has 0 aliphatic carbocycles. The molecule has 0 fully saturated rings. The summed E-state index contributed by atoms with van der Waals surface area (Å²) >= 11 is 0. The number of fused-ring (bicyclic) bond motifs is 1. The molecule has 9 heteroatoms. The van der Waals surface area contributed by atoms with Gasteiger partial charge in [-0.2, -0.15) is 0 Å². The number of aromatic nitrogens is 4. The molecule has 5 rings (SSSR count). The molecule has 1 atom stereocenters.